The van der Waals surface area contributed by atoms with E-state index >= 15 is 0 Å². The minimum atomic E-state index is -1.31. The molecule has 1 saturated heterocycles. The Morgan fingerprint density at radius 1 is 1.12 bits per heavy atom. The van der Waals surface area contributed by atoms with E-state index in [0.29, 0.717) is 50.1 Å². The normalized spacial score (nSPS) is 43.3. The van der Waals surface area contributed by atoms with Crippen molar-refractivity contribution in [2.24, 2.45) is 61.1 Å². The number of ether oxygens (including phenoxy) is 4. The molecule has 1 aliphatic heterocycles. The molecule has 0 aromatic heterocycles. The first kappa shape index (κ1) is 39.3. The van der Waals surface area contributed by atoms with Crippen LogP contribution in [0.3, 0.4) is 0 Å². The number of hydrogen-bond donors (Lipinski definition) is 0. The molecule has 0 spiro atoms. The number of carbonyl (C=O) groups excluding carboxylic acids is 1. The second kappa shape index (κ2) is 14.1. The summed E-state index contributed by atoms with van der Waals surface area (Å²) in [5, 5.41) is 0. The lowest BCUT2D eigenvalue weighted by Crippen LogP contribution is -2.70. The Hall–Kier alpha value is -0.930. The molecule has 0 N–H and O–H groups in total. The average molecular weight is 704 g/mol. The Bertz CT molecular complexity index is 1260. The zero-order valence-electron chi connectivity index (χ0n) is 33.0. The van der Waals surface area contributed by atoms with Gasteiger partial charge in [0.2, 0.25) is 0 Å². The molecule has 0 radical (unpaired) electrons. The number of unbranched alkanes of at least 4 members (excludes halogenated alkanes) is 1. The van der Waals surface area contributed by atoms with E-state index in [1.807, 2.05) is 27.9 Å². The highest BCUT2D eigenvalue weighted by atomic mass is 32.2. The SMILES string of the molecule is CCCCOC(=O)[C@@H]1[C@@](C)([C@H](C)C(C)C)CC[C@]2(C)[C@H]3CC[C@@H]4C5(COC[C@]4(C)[C@@H](OC/C=N/[S@+]([O-])C(C)(C)C)[C@H](OC)C5)C3=CC[C@@]12C. The van der Waals surface area contributed by atoms with Crippen molar-refractivity contribution in [2.45, 2.75) is 144 Å². The van der Waals surface area contributed by atoms with Gasteiger partial charge in [-0.15, -0.1) is 0 Å². The summed E-state index contributed by atoms with van der Waals surface area (Å²) in [5.41, 5.74) is 0.839. The van der Waals surface area contributed by atoms with Gasteiger partial charge in [0.1, 0.15) is 16.1 Å². The maximum atomic E-state index is 14.4. The molecule has 49 heavy (non-hydrogen) atoms. The summed E-state index contributed by atoms with van der Waals surface area (Å²) < 4.78 is 42.2. The lowest BCUT2D eigenvalue weighted by molar-refractivity contribution is -0.264. The molecule has 3 saturated carbocycles. The maximum Gasteiger partial charge on any atom is 0.310 e. The van der Waals surface area contributed by atoms with Crippen molar-refractivity contribution in [3.63, 3.8) is 0 Å². The first-order valence-electron chi connectivity index (χ1n) is 19.4. The van der Waals surface area contributed by atoms with Crippen LogP contribution >= 0.6 is 0 Å². The van der Waals surface area contributed by atoms with Crippen LogP contribution in [-0.2, 0) is 35.1 Å². The van der Waals surface area contributed by atoms with Crippen LogP contribution in [-0.4, -0.2) is 67.2 Å². The average Bonchev–Trinajstić information content (AvgIpc) is 3.03. The highest BCUT2D eigenvalue weighted by Gasteiger charge is 2.72. The topological polar surface area (TPSA) is 89.4 Å². The Morgan fingerprint density at radius 2 is 1.84 bits per heavy atom. The molecule has 5 aliphatic rings. The van der Waals surface area contributed by atoms with Gasteiger partial charge in [-0.05, 0) is 106 Å². The maximum absolute atomic E-state index is 14.4. The highest BCUT2D eigenvalue weighted by Crippen LogP contribution is 2.75. The zero-order chi connectivity index (χ0) is 36.2. The quantitative estimate of drug-likeness (QED) is 0.0703. The number of esters is 1. The van der Waals surface area contributed by atoms with Crippen molar-refractivity contribution in [3.05, 3.63) is 11.6 Å². The summed E-state index contributed by atoms with van der Waals surface area (Å²) in [4.78, 5) is 14.4. The van der Waals surface area contributed by atoms with Gasteiger partial charge in [-0.1, -0.05) is 77.9 Å². The van der Waals surface area contributed by atoms with Gasteiger partial charge in [-0.25, -0.2) is 0 Å². The van der Waals surface area contributed by atoms with Crippen molar-refractivity contribution in [1.29, 1.82) is 0 Å². The number of methoxy groups -OCH3 is 1. The van der Waals surface area contributed by atoms with Crippen LogP contribution in [0.5, 0.6) is 0 Å². The summed E-state index contributed by atoms with van der Waals surface area (Å²) in [5.74, 6) is 1.56. The minimum Gasteiger partial charge on any atom is -0.591 e. The number of fused-ring (bicyclic) bond motifs is 3. The van der Waals surface area contributed by atoms with Gasteiger partial charge in [-0.2, -0.15) is 0 Å². The molecule has 0 aromatic rings. The van der Waals surface area contributed by atoms with Gasteiger partial charge in [0.25, 0.3) is 0 Å². The van der Waals surface area contributed by atoms with E-state index in [-0.39, 0.29) is 51.2 Å². The van der Waals surface area contributed by atoms with Crippen LogP contribution in [0.2, 0.25) is 0 Å². The summed E-state index contributed by atoms with van der Waals surface area (Å²) in [6, 6.07) is 0. The molecule has 0 amide bonds. The standard InChI is InChI=1S/C41H69NO6S/c1-13-14-22-48-35(43)33-37(8,28(4)27(2)3)19-20-39(10)29-15-16-32-38(9)25-46-26-41(32,30(29)17-18-40(33,39)11)24-31(45-12)34(38)47-23-21-42-49(44)36(5,6)7/h17,21,27-29,31-34H,13-16,18-20,22-26H2,1-12H3/b42-21+/t28-,29+,31-,32+,33-,34+,37-,38+,39-,40+,41?,49-/m1/s1. The second-order valence-electron chi connectivity index (χ2n) is 18.9. The molecule has 8 heteroatoms. The number of rotatable bonds is 11. The lowest BCUT2D eigenvalue weighted by atomic mass is 9.34. The Balaban J connectivity index is 1.50. The molecule has 4 aliphatic carbocycles. The van der Waals surface area contributed by atoms with Crippen molar-refractivity contribution in [3.8, 4) is 0 Å². The summed E-state index contributed by atoms with van der Waals surface area (Å²) >= 11 is -1.31. The first-order valence-corrected chi connectivity index (χ1v) is 20.5. The van der Waals surface area contributed by atoms with E-state index < -0.39 is 16.1 Å². The largest absolute Gasteiger partial charge is 0.591 e. The minimum absolute atomic E-state index is 0.0288. The molecular formula is C41H69NO6S. The van der Waals surface area contributed by atoms with Crippen molar-refractivity contribution in [1.82, 2.24) is 0 Å². The van der Waals surface area contributed by atoms with E-state index in [0.717, 1.165) is 51.4 Å². The van der Waals surface area contributed by atoms with Crippen LogP contribution in [0.15, 0.2) is 16.0 Å². The van der Waals surface area contributed by atoms with E-state index in [9.17, 15) is 9.35 Å². The number of carbonyl (C=O) groups is 1. The smallest absolute Gasteiger partial charge is 0.310 e. The molecular weight excluding hydrogens is 635 g/mol. The second-order valence-corrected chi connectivity index (χ2v) is 20.8. The molecule has 12 atom stereocenters. The lowest BCUT2D eigenvalue weighted by Gasteiger charge is -2.71. The molecule has 0 aromatic carbocycles. The van der Waals surface area contributed by atoms with Gasteiger partial charge < -0.3 is 23.5 Å². The van der Waals surface area contributed by atoms with Gasteiger partial charge in [-0.3, -0.25) is 4.79 Å². The monoisotopic (exact) mass is 703 g/mol. The van der Waals surface area contributed by atoms with Crippen LogP contribution in [0, 0.1) is 56.7 Å². The zero-order valence-corrected chi connectivity index (χ0v) is 33.8. The van der Waals surface area contributed by atoms with Crippen molar-refractivity contribution >= 4 is 23.5 Å². The molecule has 2 bridgehead atoms. The van der Waals surface area contributed by atoms with Gasteiger partial charge in [0.15, 0.2) is 0 Å². The summed E-state index contributed by atoms with van der Waals surface area (Å²) in [7, 11) is 1.82. The number of allylic oxidation sites excluding steroid dienone is 1. The first-order chi connectivity index (χ1) is 22.9. The molecule has 1 unspecified atom stereocenters. The third-order valence-electron chi connectivity index (χ3n) is 15.1. The van der Waals surface area contributed by atoms with Crippen molar-refractivity contribution in [2.75, 3.05) is 33.5 Å². The Kier molecular flexibility index (Phi) is 11.3. The van der Waals surface area contributed by atoms with E-state index in [1.54, 1.807) is 11.8 Å². The van der Waals surface area contributed by atoms with Crippen molar-refractivity contribution < 1.29 is 28.3 Å². The summed E-state index contributed by atoms with van der Waals surface area (Å²) in [6.07, 6.45) is 12.1. The predicted molar refractivity (Wildman–Crippen MR) is 199 cm³/mol. The molecule has 280 valence electrons. The third kappa shape index (κ3) is 6.31. The van der Waals surface area contributed by atoms with E-state index in [1.165, 1.54) is 0 Å². The fourth-order valence-electron chi connectivity index (χ4n) is 11.9. The Morgan fingerprint density at radius 3 is 2.47 bits per heavy atom. The van der Waals surface area contributed by atoms with Gasteiger partial charge in [0, 0.05) is 17.9 Å². The molecule has 4 fully saturated rings. The molecule has 1 heterocycles. The highest BCUT2D eigenvalue weighted by molar-refractivity contribution is 7.91. The Labute approximate surface area is 301 Å². The van der Waals surface area contributed by atoms with Crippen LogP contribution in [0.1, 0.15) is 128 Å². The third-order valence-corrected chi connectivity index (χ3v) is 16.5. The van der Waals surface area contributed by atoms with Gasteiger partial charge >= 0.3 is 5.97 Å². The van der Waals surface area contributed by atoms with Crippen LogP contribution in [0.4, 0.5) is 0 Å². The van der Waals surface area contributed by atoms with E-state index in [2.05, 4.69) is 65.9 Å². The fraction of sp³-hybridized carbons (Fsp3) is 0.902. The number of nitrogens with zero attached hydrogens (tertiary/aromatic N) is 1. The van der Waals surface area contributed by atoms with E-state index in [4.69, 9.17) is 18.9 Å². The predicted octanol–water partition coefficient (Wildman–Crippen LogP) is 8.77. The molecule has 5 rings (SSSR count). The number of hydrogen-bond acceptors (Lipinski definition) is 7. The fourth-order valence-corrected chi connectivity index (χ4v) is 12.4. The molecule has 7 nitrogen and oxygen atoms in total. The summed E-state index contributed by atoms with van der Waals surface area (Å²) in [6.45, 7) is 26.8. The van der Waals surface area contributed by atoms with Gasteiger partial charge in [0.05, 0.1) is 50.8 Å². The van der Waals surface area contributed by atoms with Crippen LogP contribution in [0.25, 0.3) is 0 Å². The van der Waals surface area contributed by atoms with Crippen LogP contribution < -0.4 is 0 Å².